The molecule has 1 unspecified atom stereocenters. The van der Waals surface area contributed by atoms with Crippen LogP contribution < -0.4 is 11.1 Å². The van der Waals surface area contributed by atoms with E-state index in [4.69, 9.17) is 27.5 Å². The van der Waals surface area contributed by atoms with E-state index in [0.29, 0.717) is 29.8 Å². The molecule has 1 saturated heterocycles. The summed E-state index contributed by atoms with van der Waals surface area (Å²) in [6, 6.07) is 10.6. The lowest BCUT2D eigenvalue weighted by Gasteiger charge is -2.20. The van der Waals surface area contributed by atoms with Crippen molar-refractivity contribution in [3.05, 3.63) is 69.7 Å². The van der Waals surface area contributed by atoms with Gasteiger partial charge in [0.15, 0.2) is 0 Å². The van der Waals surface area contributed by atoms with Crippen LogP contribution in [0.15, 0.2) is 42.5 Å². The van der Waals surface area contributed by atoms with Crippen LogP contribution in [0.25, 0.3) is 0 Å². The molecule has 0 aliphatic carbocycles. The van der Waals surface area contributed by atoms with Crippen LogP contribution >= 0.6 is 24.0 Å². The number of rotatable bonds is 8. The molecule has 1 aliphatic rings. The summed E-state index contributed by atoms with van der Waals surface area (Å²) in [7, 11) is 0. The Hall–Kier alpha value is -3.10. The van der Waals surface area contributed by atoms with E-state index in [0.717, 1.165) is 12.8 Å². The number of halogens is 2. The molecule has 2 aromatic rings. The van der Waals surface area contributed by atoms with Crippen LogP contribution in [0.2, 0.25) is 5.02 Å². The van der Waals surface area contributed by atoms with Gasteiger partial charge in [0.25, 0.3) is 11.8 Å². The Balaban J connectivity index is 0.00000408. The highest BCUT2D eigenvalue weighted by Gasteiger charge is 2.24. The van der Waals surface area contributed by atoms with Crippen molar-refractivity contribution >= 4 is 47.6 Å². The standard InChI is InChI=1S/C24H27ClN4O4.ClH/c1-2-33-21(30)14-20(15-6-5-7-16(12-15)22(26)27)28-23(31)17-8-9-18(19(25)13-17)24(32)29-10-3-4-11-29;/h5-9,12-13,20H,2-4,10-11,14H2,1H3,(H3,26,27)(H,28,31);1H. The number of benzene rings is 2. The van der Waals surface area contributed by atoms with Gasteiger partial charge in [-0.25, -0.2) is 0 Å². The number of nitrogens with two attached hydrogens (primary N) is 1. The maximum Gasteiger partial charge on any atom is 0.308 e. The van der Waals surface area contributed by atoms with Gasteiger partial charge in [-0.05, 0) is 49.6 Å². The van der Waals surface area contributed by atoms with Gasteiger partial charge >= 0.3 is 5.97 Å². The van der Waals surface area contributed by atoms with Crippen molar-refractivity contribution in [2.24, 2.45) is 5.73 Å². The zero-order valence-corrected chi connectivity index (χ0v) is 20.4. The van der Waals surface area contributed by atoms with Gasteiger partial charge in [0.1, 0.15) is 5.84 Å². The molecule has 0 radical (unpaired) electrons. The lowest BCUT2D eigenvalue weighted by molar-refractivity contribution is -0.143. The van der Waals surface area contributed by atoms with Gasteiger partial charge in [-0.15, -0.1) is 12.4 Å². The van der Waals surface area contributed by atoms with Gasteiger partial charge in [-0.2, -0.15) is 0 Å². The maximum absolute atomic E-state index is 13.0. The second kappa shape index (κ2) is 12.4. The van der Waals surface area contributed by atoms with Gasteiger partial charge < -0.3 is 20.7 Å². The molecule has 8 nitrogen and oxygen atoms in total. The Kier molecular flexibility index (Phi) is 9.89. The Labute approximate surface area is 209 Å². The number of ether oxygens (including phenoxy) is 1. The molecule has 1 heterocycles. The van der Waals surface area contributed by atoms with E-state index in [1.165, 1.54) is 12.1 Å². The first kappa shape index (κ1) is 27.1. The van der Waals surface area contributed by atoms with E-state index >= 15 is 0 Å². The van der Waals surface area contributed by atoms with Crippen LogP contribution in [0.1, 0.15) is 64.1 Å². The summed E-state index contributed by atoms with van der Waals surface area (Å²) >= 11 is 6.34. The molecule has 1 atom stereocenters. The number of carbonyl (C=O) groups excluding carboxylic acids is 3. The summed E-state index contributed by atoms with van der Waals surface area (Å²) in [5.74, 6) is -1.20. The fraction of sp³-hybridized carbons (Fsp3) is 0.333. The number of hydrogen-bond donors (Lipinski definition) is 3. The highest BCUT2D eigenvalue weighted by molar-refractivity contribution is 6.34. The predicted octanol–water partition coefficient (Wildman–Crippen LogP) is 3.71. The van der Waals surface area contributed by atoms with Crippen molar-refractivity contribution in [2.45, 2.75) is 32.2 Å². The lowest BCUT2D eigenvalue weighted by atomic mass is 10.00. The first-order chi connectivity index (χ1) is 15.8. The molecule has 4 N–H and O–H groups in total. The Morgan fingerprint density at radius 2 is 1.85 bits per heavy atom. The molecule has 1 aliphatic heterocycles. The zero-order chi connectivity index (χ0) is 24.0. The van der Waals surface area contributed by atoms with E-state index in [2.05, 4.69) is 5.32 Å². The molecular weight excluding hydrogens is 479 g/mol. The summed E-state index contributed by atoms with van der Waals surface area (Å²) in [5.41, 5.74) is 7.28. The van der Waals surface area contributed by atoms with Gasteiger partial charge in [0.2, 0.25) is 0 Å². The van der Waals surface area contributed by atoms with Crippen molar-refractivity contribution in [2.75, 3.05) is 19.7 Å². The van der Waals surface area contributed by atoms with Crippen LogP contribution in [-0.2, 0) is 9.53 Å². The molecule has 2 aromatic carbocycles. The fourth-order valence-corrected chi connectivity index (χ4v) is 3.99. The predicted molar refractivity (Wildman–Crippen MR) is 133 cm³/mol. The highest BCUT2D eigenvalue weighted by atomic mass is 35.5. The average molecular weight is 507 g/mol. The molecule has 0 aromatic heterocycles. The van der Waals surface area contributed by atoms with E-state index in [1.807, 2.05) is 0 Å². The first-order valence-corrected chi connectivity index (χ1v) is 11.2. The Bertz CT molecular complexity index is 1070. The zero-order valence-electron chi connectivity index (χ0n) is 18.8. The van der Waals surface area contributed by atoms with Crippen molar-refractivity contribution < 1.29 is 19.1 Å². The second-order valence-electron chi connectivity index (χ2n) is 7.77. The molecular formula is C24H28Cl2N4O4. The quantitative estimate of drug-likeness (QED) is 0.285. The molecule has 182 valence electrons. The molecule has 3 rings (SSSR count). The van der Waals surface area contributed by atoms with Crippen LogP contribution in [0.4, 0.5) is 0 Å². The first-order valence-electron chi connectivity index (χ1n) is 10.8. The van der Waals surface area contributed by atoms with Crippen LogP contribution in [0.5, 0.6) is 0 Å². The summed E-state index contributed by atoms with van der Waals surface area (Å²) < 4.78 is 5.05. The van der Waals surface area contributed by atoms with Gasteiger partial charge in [-0.1, -0.05) is 29.8 Å². The average Bonchev–Trinajstić information content (AvgIpc) is 3.33. The number of nitrogens with one attached hydrogen (secondary N) is 2. The molecule has 2 amide bonds. The molecule has 34 heavy (non-hydrogen) atoms. The van der Waals surface area contributed by atoms with Gasteiger partial charge in [0.05, 0.1) is 29.7 Å². The van der Waals surface area contributed by atoms with Crippen molar-refractivity contribution in [1.29, 1.82) is 5.41 Å². The minimum atomic E-state index is -0.708. The molecule has 0 saturated carbocycles. The topological polar surface area (TPSA) is 126 Å². The minimum Gasteiger partial charge on any atom is -0.466 e. The number of carbonyl (C=O) groups is 3. The monoisotopic (exact) mass is 506 g/mol. The number of hydrogen-bond acceptors (Lipinski definition) is 5. The maximum atomic E-state index is 13.0. The number of esters is 1. The summed E-state index contributed by atoms with van der Waals surface area (Å²) in [5, 5.41) is 10.7. The fourth-order valence-electron chi connectivity index (χ4n) is 3.72. The van der Waals surface area contributed by atoms with Crippen molar-refractivity contribution in [3.63, 3.8) is 0 Å². The number of amidine groups is 1. The van der Waals surface area contributed by atoms with Crippen LogP contribution in [0, 0.1) is 5.41 Å². The third-order valence-corrected chi connectivity index (χ3v) is 5.75. The lowest BCUT2D eigenvalue weighted by Crippen LogP contribution is -2.31. The third-order valence-electron chi connectivity index (χ3n) is 5.44. The van der Waals surface area contributed by atoms with E-state index in [9.17, 15) is 14.4 Å². The summed E-state index contributed by atoms with van der Waals surface area (Å²) in [6.45, 7) is 3.32. The van der Waals surface area contributed by atoms with Crippen molar-refractivity contribution in [1.82, 2.24) is 10.2 Å². The van der Waals surface area contributed by atoms with Crippen molar-refractivity contribution in [3.8, 4) is 0 Å². The smallest absolute Gasteiger partial charge is 0.308 e. The SMILES string of the molecule is CCOC(=O)CC(NC(=O)c1ccc(C(=O)N2CCCC2)c(Cl)c1)c1cccc(C(=N)N)c1.Cl. The van der Waals surface area contributed by atoms with Crippen LogP contribution in [-0.4, -0.2) is 48.2 Å². The van der Waals surface area contributed by atoms with Gasteiger partial charge in [0, 0.05) is 24.2 Å². The largest absolute Gasteiger partial charge is 0.466 e. The summed E-state index contributed by atoms with van der Waals surface area (Å²) in [6.07, 6.45) is 1.84. The normalized spacial score (nSPS) is 13.5. The van der Waals surface area contributed by atoms with E-state index in [-0.39, 0.29) is 47.8 Å². The number of nitrogens with zero attached hydrogens (tertiary/aromatic N) is 1. The second-order valence-corrected chi connectivity index (χ2v) is 8.18. The molecule has 0 bridgehead atoms. The third kappa shape index (κ3) is 6.71. The Morgan fingerprint density at radius 3 is 2.47 bits per heavy atom. The number of nitrogen functional groups attached to an aromatic ring is 1. The van der Waals surface area contributed by atoms with Crippen LogP contribution in [0.3, 0.4) is 0 Å². The van der Waals surface area contributed by atoms with E-state index in [1.54, 1.807) is 42.2 Å². The molecule has 0 spiro atoms. The minimum absolute atomic E-state index is 0. The summed E-state index contributed by atoms with van der Waals surface area (Å²) in [4.78, 5) is 39.5. The number of likely N-dealkylation sites (tertiary alicyclic amines) is 1. The highest BCUT2D eigenvalue weighted by Crippen LogP contribution is 2.24. The Morgan fingerprint density at radius 1 is 1.15 bits per heavy atom. The molecule has 1 fully saturated rings. The van der Waals surface area contributed by atoms with Gasteiger partial charge in [-0.3, -0.25) is 19.8 Å². The molecule has 10 heteroatoms. The van der Waals surface area contributed by atoms with E-state index < -0.39 is 17.9 Å². The number of amides is 2.